The van der Waals surface area contributed by atoms with E-state index in [9.17, 15) is 9.18 Å². The second kappa shape index (κ2) is 5.03. The van der Waals surface area contributed by atoms with E-state index in [1.165, 1.54) is 16.8 Å². The molecule has 0 saturated carbocycles. The maximum atomic E-state index is 14.5. The van der Waals surface area contributed by atoms with Gasteiger partial charge in [0.2, 0.25) is 0 Å². The van der Waals surface area contributed by atoms with Gasteiger partial charge in [-0.1, -0.05) is 0 Å². The molecule has 0 amide bonds. The van der Waals surface area contributed by atoms with Gasteiger partial charge in [-0.2, -0.15) is 5.10 Å². The van der Waals surface area contributed by atoms with Crippen molar-refractivity contribution in [3.63, 3.8) is 0 Å². The van der Waals surface area contributed by atoms with Crippen molar-refractivity contribution in [1.82, 2.24) is 9.78 Å². The van der Waals surface area contributed by atoms with Crippen LogP contribution in [-0.2, 0) is 7.05 Å². The first-order chi connectivity index (χ1) is 9.99. The molecular formula is C13H10BrFN2O4. The molecule has 0 saturated heterocycles. The molecule has 0 fully saturated rings. The monoisotopic (exact) mass is 356 g/mol. The van der Waals surface area contributed by atoms with Crippen molar-refractivity contribution in [1.29, 1.82) is 0 Å². The molecule has 0 bridgehead atoms. The summed E-state index contributed by atoms with van der Waals surface area (Å²) in [5.41, 5.74) is 0.370. The van der Waals surface area contributed by atoms with E-state index >= 15 is 0 Å². The molecule has 1 aliphatic rings. The zero-order valence-corrected chi connectivity index (χ0v) is 12.5. The van der Waals surface area contributed by atoms with Crippen LogP contribution >= 0.6 is 15.9 Å². The number of hydrogen-bond acceptors (Lipinski definition) is 4. The van der Waals surface area contributed by atoms with E-state index in [-0.39, 0.29) is 15.7 Å². The molecule has 0 aliphatic carbocycles. The van der Waals surface area contributed by atoms with Crippen LogP contribution in [0.4, 0.5) is 4.39 Å². The molecule has 1 aliphatic heterocycles. The molecule has 1 N–H and O–H groups in total. The summed E-state index contributed by atoms with van der Waals surface area (Å²) in [6, 6.07) is 2.79. The maximum absolute atomic E-state index is 14.5. The van der Waals surface area contributed by atoms with E-state index in [0.717, 1.165) is 0 Å². The Labute approximate surface area is 127 Å². The Morgan fingerprint density at radius 2 is 2.14 bits per heavy atom. The Kier molecular flexibility index (Phi) is 3.32. The minimum Gasteiger partial charge on any atom is -0.486 e. The van der Waals surface area contributed by atoms with E-state index in [1.54, 1.807) is 7.05 Å². The lowest BCUT2D eigenvalue weighted by Gasteiger charge is -2.21. The largest absolute Gasteiger partial charge is 0.486 e. The summed E-state index contributed by atoms with van der Waals surface area (Å²) in [6.07, 6.45) is 0. The van der Waals surface area contributed by atoms with Crippen LogP contribution in [0.2, 0.25) is 0 Å². The van der Waals surface area contributed by atoms with Gasteiger partial charge in [0.25, 0.3) is 0 Å². The molecule has 110 valence electrons. The van der Waals surface area contributed by atoms with Gasteiger partial charge in [0, 0.05) is 12.6 Å². The summed E-state index contributed by atoms with van der Waals surface area (Å²) < 4.78 is 26.8. The van der Waals surface area contributed by atoms with Crippen LogP contribution in [0.25, 0.3) is 11.3 Å². The molecule has 2 heterocycles. The topological polar surface area (TPSA) is 73.6 Å². The fourth-order valence-corrected chi connectivity index (χ4v) is 2.66. The van der Waals surface area contributed by atoms with Gasteiger partial charge in [-0.15, -0.1) is 0 Å². The van der Waals surface area contributed by atoms with E-state index in [4.69, 9.17) is 14.6 Å². The summed E-state index contributed by atoms with van der Waals surface area (Å²) >= 11 is 3.15. The highest BCUT2D eigenvalue weighted by molar-refractivity contribution is 9.10. The fourth-order valence-electron chi connectivity index (χ4n) is 2.13. The van der Waals surface area contributed by atoms with Crippen LogP contribution in [0.3, 0.4) is 0 Å². The minimum atomic E-state index is -1.17. The number of carboxylic acids is 1. The lowest BCUT2D eigenvalue weighted by molar-refractivity contribution is 0.0689. The third-order valence-corrected chi connectivity index (χ3v) is 3.80. The first kappa shape index (κ1) is 13.9. The number of carbonyl (C=O) groups is 1. The number of carboxylic acid groups (broad SMARTS) is 1. The first-order valence-corrected chi connectivity index (χ1v) is 6.83. The normalized spacial score (nSPS) is 13.3. The number of halogens is 2. The van der Waals surface area contributed by atoms with Crippen molar-refractivity contribution in [3.8, 4) is 22.8 Å². The number of nitrogens with zero attached hydrogens (tertiary/aromatic N) is 2. The second-order valence-corrected chi connectivity index (χ2v) is 5.21. The van der Waals surface area contributed by atoms with Crippen LogP contribution in [-0.4, -0.2) is 34.1 Å². The van der Waals surface area contributed by atoms with Crippen molar-refractivity contribution in [2.75, 3.05) is 13.2 Å². The van der Waals surface area contributed by atoms with Gasteiger partial charge in [0.05, 0.1) is 10.2 Å². The van der Waals surface area contributed by atoms with Crippen LogP contribution in [0, 0.1) is 5.82 Å². The summed E-state index contributed by atoms with van der Waals surface area (Å²) in [7, 11) is 1.55. The van der Waals surface area contributed by atoms with Crippen molar-refractivity contribution < 1.29 is 23.8 Å². The van der Waals surface area contributed by atoms with E-state index in [0.29, 0.717) is 30.4 Å². The Bertz CT molecular complexity index is 744. The number of aromatic carboxylic acids is 1. The summed E-state index contributed by atoms with van der Waals surface area (Å²) in [5, 5.41) is 12.8. The molecule has 0 radical (unpaired) electrons. The van der Waals surface area contributed by atoms with Gasteiger partial charge in [0.15, 0.2) is 23.0 Å². The van der Waals surface area contributed by atoms with Gasteiger partial charge in [-0.3, -0.25) is 4.68 Å². The van der Waals surface area contributed by atoms with E-state index < -0.39 is 11.8 Å². The fraction of sp³-hybridized carbons (Fsp3) is 0.231. The molecular weight excluding hydrogens is 347 g/mol. The third kappa shape index (κ3) is 2.25. The maximum Gasteiger partial charge on any atom is 0.356 e. The van der Waals surface area contributed by atoms with Gasteiger partial charge in [-0.05, 0) is 28.1 Å². The number of hydrogen-bond donors (Lipinski definition) is 1. The summed E-state index contributed by atoms with van der Waals surface area (Å²) in [4.78, 5) is 11.0. The predicted octanol–water partition coefficient (Wildman–Crippen LogP) is 2.46. The highest BCUT2D eigenvalue weighted by Crippen LogP contribution is 2.43. The Hall–Kier alpha value is -2.09. The number of fused-ring (bicyclic) bond motifs is 1. The lowest BCUT2D eigenvalue weighted by atomic mass is 10.1. The molecule has 1 aromatic carbocycles. The smallest absolute Gasteiger partial charge is 0.356 e. The molecule has 21 heavy (non-hydrogen) atoms. The Morgan fingerprint density at radius 3 is 2.81 bits per heavy atom. The molecule has 8 heteroatoms. The molecule has 3 rings (SSSR count). The number of aryl methyl sites for hydroxylation is 1. The third-order valence-electron chi connectivity index (χ3n) is 3.09. The van der Waals surface area contributed by atoms with Gasteiger partial charge in [-0.25, -0.2) is 9.18 Å². The van der Waals surface area contributed by atoms with Crippen LogP contribution in [0.15, 0.2) is 16.6 Å². The Morgan fingerprint density at radius 1 is 1.43 bits per heavy atom. The van der Waals surface area contributed by atoms with Gasteiger partial charge in [0.1, 0.15) is 13.2 Å². The summed E-state index contributed by atoms with van der Waals surface area (Å²) in [5.74, 6) is -1.02. The van der Waals surface area contributed by atoms with Crippen LogP contribution in [0.1, 0.15) is 10.5 Å². The number of benzene rings is 1. The predicted molar refractivity (Wildman–Crippen MR) is 74.3 cm³/mol. The molecule has 0 unspecified atom stereocenters. The second-order valence-electron chi connectivity index (χ2n) is 4.42. The molecule has 6 nitrogen and oxygen atoms in total. The highest BCUT2D eigenvalue weighted by Gasteiger charge is 2.24. The molecule has 0 atom stereocenters. The molecule has 0 spiro atoms. The standard InChI is InChI=1S/C13H10BrFN2O4/c1-17-8(5-7(16-17)13(18)19)6-4-9-12(10(14)11(6)15)21-3-2-20-9/h4-5H,2-3H2,1H3,(H,18,19). The minimum absolute atomic E-state index is 0.146. The number of rotatable bonds is 2. The highest BCUT2D eigenvalue weighted by atomic mass is 79.9. The van der Waals surface area contributed by atoms with E-state index in [2.05, 4.69) is 21.0 Å². The Balaban J connectivity index is 2.19. The number of aromatic nitrogens is 2. The molecule has 2 aromatic rings. The van der Waals surface area contributed by atoms with Crippen LogP contribution in [0.5, 0.6) is 11.5 Å². The quantitative estimate of drug-likeness (QED) is 0.894. The van der Waals surface area contributed by atoms with Crippen molar-refractivity contribution in [2.24, 2.45) is 7.05 Å². The van der Waals surface area contributed by atoms with E-state index in [1.807, 2.05) is 0 Å². The average molecular weight is 357 g/mol. The number of ether oxygens (including phenoxy) is 2. The van der Waals surface area contributed by atoms with Gasteiger partial charge < -0.3 is 14.6 Å². The SMILES string of the molecule is Cn1nc(C(=O)O)cc1-c1cc2c(c(Br)c1F)OCCO2. The first-order valence-electron chi connectivity index (χ1n) is 6.04. The zero-order chi connectivity index (χ0) is 15.1. The zero-order valence-electron chi connectivity index (χ0n) is 10.9. The lowest BCUT2D eigenvalue weighted by Crippen LogP contribution is -2.16. The van der Waals surface area contributed by atoms with Crippen LogP contribution < -0.4 is 9.47 Å². The van der Waals surface area contributed by atoms with Gasteiger partial charge >= 0.3 is 5.97 Å². The summed E-state index contributed by atoms with van der Waals surface area (Å²) in [6.45, 7) is 0.718. The molecule has 1 aromatic heterocycles. The van der Waals surface area contributed by atoms with Crippen molar-refractivity contribution in [3.05, 3.63) is 28.1 Å². The van der Waals surface area contributed by atoms with Crippen molar-refractivity contribution in [2.45, 2.75) is 0 Å². The van der Waals surface area contributed by atoms with Crippen molar-refractivity contribution >= 4 is 21.9 Å². The average Bonchev–Trinajstić information content (AvgIpc) is 2.85.